The molecule has 4 aromatic carbocycles. The lowest BCUT2D eigenvalue weighted by Gasteiger charge is -2.47. The largest absolute Gasteiger partial charge is 0.463 e. The van der Waals surface area contributed by atoms with E-state index in [0.717, 1.165) is 11.1 Å². The zero-order chi connectivity index (χ0) is 29.3. The fourth-order valence-electron chi connectivity index (χ4n) is 5.96. The van der Waals surface area contributed by atoms with Gasteiger partial charge in [0.25, 0.3) is 0 Å². The molecule has 0 amide bonds. The number of nitrogens with one attached hydrogen (secondary N) is 1. The fourth-order valence-corrected chi connectivity index (χ4v) is 6.22. The second-order valence-electron chi connectivity index (χ2n) is 10.0. The van der Waals surface area contributed by atoms with Gasteiger partial charge >= 0.3 is 11.9 Å². The molecule has 1 spiro atoms. The monoisotopic (exact) mass is 596 g/mol. The average molecular weight is 597 g/mol. The van der Waals surface area contributed by atoms with Gasteiger partial charge in [-0.3, -0.25) is 0 Å². The molecule has 0 radical (unpaired) electrons. The van der Waals surface area contributed by atoms with Crippen molar-refractivity contribution in [1.29, 1.82) is 0 Å². The van der Waals surface area contributed by atoms with E-state index in [4.69, 9.17) is 32.8 Å². The third-order valence-corrected chi connectivity index (χ3v) is 8.22. The number of ether oxygens (including phenoxy) is 1. The lowest BCUT2D eigenvalue weighted by atomic mass is 9.57. The van der Waals surface area contributed by atoms with E-state index in [1.54, 1.807) is 31.2 Å². The van der Waals surface area contributed by atoms with Gasteiger partial charge in [-0.2, -0.15) is 0 Å². The molecule has 0 saturated heterocycles. The molecular formula is C34H26Cl2N2O4. The van der Waals surface area contributed by atoms with Crippen LogP contribution in [-0.4, -0.2) is 24.3 Å². The first-order chi connectivity index (χ1) is 20.4. The Morgan fingerprint density at radius 1 is 0.833 bits per heavy atom. The van der Waals surface area contributed by atoms with Crippen LogP contribution in [0.3, 0.4) is 0 Å². The summed E-state index contributed by atoms with van der Waals surface area (Å²) in [6.45, 7) is 1.90. The van der Waals surface area contributed by atoms with Crippen LogP contribution in [0, 0.1) is 5.41 Å². The summed E-state index contributed by atoms with van der Waals surface area (Å²) < 4.78 is 5.67. The summed E-state index contributed by atoms with van der Waals surface area (Å²) in [6, 6.07) is 32.6. The Bertz CT molecular complexity index is 1690. The fraction of sp³-hybridized carbons (Fsp3) is 0.147. The second-order valence-corrected chi connectivity index (χ2v) is 10.9. The zero-order valence-corrected chi connectivity index (χ0v) is 24.1. The van der Waals surface area contributed by atoms with Gasteiger partial charge in [0.05, 0.1) is 23.9 Å². The van der Waals surface area contributed by atoms with E-state index in [9.17, 15) is 9.59 Å². The number of carbonyl (C=O) groups excluding carboxylic acids is 2. The lowest BCUT2D eigenvalue weighted by molar-refractivity contribution is -0.151. The van der Waals surface area contributed by atoms with Crippen molar-refractivity contribution >= 4 is 46.5 Å². The molecule has 2 heterocycles. The van der Waals surface area contributed by atoms with Gasteiger partial charge in [-0.15, -0.1) is 0 Å². The first-order valence-corrected chi connectivity index (χ1v) is 14.3. The topological polar surface area (TPSA) is 77.0 Å². The molecule has 0 aromatic heterocycles. The molecule has 42 heavy (non-hydrogen) atoms. The number of hydrogen-bond acceptors (Lipinski definition) is 6. The molecule has 1 N–H and O–H groups in total. The van der Waals surface area contributed by atoms with Gasteiger partial charge in [0, 0.05) is 21.5 Å². The number of carbonyl (C=O) groups is 2. The molecule has 4 aromatic rings. The highest BCUT2D eigenvalue weighted by atomic mass is 35.5. The lowest BCUT2D eigenvalue weighted by Crippen LogP contribution is -2.55. The highest BCUT2D eigenvalue weighted by Crippen LogP contribution is 2.59. The van der Waals surface area contributed by atoms with Crippen molar-refractivity contribution in [3.05, 3.63) is 147 Å². The molecule has 6 nitrogen and oxygen atoms in total. The molecule has 6 rings (SSSR count). The molecule has 2 aliphatic rings. The van der Waals surface area contributed by atoms with Gasteiger partial charge in [-0.1, -0.05) is 113 Å². The van der Waals surface area contributed by atoms with Crippen molar-refractivity contribution in [2.45, 2.75) is 18.9 Å². The highest BCUT2D eigenvalue weighted by Gasteiger charge is 2.65. The van der Waals surface area contributed by atoms with Crippen molar-refractivity contribution in [1.82, 2.24) is 5.32 Å². The first kappa shape index (κ1) is 27.8. The van der Waals surface area contributed by atoms with E-state index in [1.165, 1.54) is 0 Å². The van der Waals surface area contributed by atoms with Crippen molar-refractivity contribution in [3.63, 3.8) is 0 Å². The van der Waals surface area contributed by atoms with Crippen molar-refractivity contribution in [2.75, 3.05) is 6.61 Å². The molecule has 8 heteroatoms. The molecule has 210 valence electrons. The Hall–Kier alpha value is -4.39. The van der Waals surface area contributed by atoms with Crippen molar-refractivity contribution in [3.8, 4) is 0 Å². The third kappa shape index (κ3) is 4.67. The third-order valence-electron chi connectivity index (χ3n) is 7.72. The second kappa shape index (κ2) is 11.5. The van der Waals surface area contributed by atoms with Crippen molar-refractivity contribution < 1.29 is 19.2 Å². The van der Waals surface area contributed by atoms with Gasteiger partial charge in [0.1, 0.15) is 5.71 Å². The first-order valence-electron chi connectivity index (χ1n) is 13.5. The smallest absolute Gasteiger partial charge is 0.350 e. The van der Waals surface area contributed by atoms with Crippen LogP contribution in [-0.2, 0) is 19.2 Å². The van der Waals surface area contributed by atoms with Crippen LogP contribution in [0.15, 0.2) is 120 Å². The zero-order valence-electron chi connectivity index (χ0n) is 22.6. The summed E-state index contributed by atoms with van der Waals surface area (Å²) in [4.78, 5) is 34.0. The predicted molar refractivity (Wildman–Crippen MR) is 163 cm³/mol. The average Bonchev–Trinajstić information content (AvgIpc) is 3.35. The van der Waals surface area contributed by atoms with Gasteiger partial charge in [0.2, 0.25) is 0 Å². The SMILES string of the molecule is CCOC(=O)C1=C(c2ccccc2)N[C@H](c2ccc(Cl)cc2)[C@]2(C(=O)ON=C2c2ccccc2)[C@@H]1c1ccc(Cl)cc1. The van der Waals surface area contributed by atoms with Gasteiger partial charge in [0.15, 0.2) is 5.41 Å². The van der Waals surface area contributed by atoms with E-state index in [-0.39, 0.29) is 12.2 Å². The number of oxime groups is 1. The molecule has 0 fully saturated rings. The van der Waals surface area contributed by atoms with Crippen LogP contribution < -0.4 is 5.32 Å². The van der Waals surface area contributed by atoms with Crippen LogP contribution in [0.2, 0.25) is 10.0 Å². The number of rotatable bonds is 6. The minimum absolute atomic E-state index is 0.148. The summed E-state index contributed by atoms with van der Waals surface area (Å²) in [5, 5.41) is 9.06. The Morgan fingerprint density at radius 3 is 1.95 bits per heavy atom. The highest BCUT2D eigenvalue weighted by molar-refractivity contribution is 6.31. The van der Waals surface area contributed by atoms with E-state index in [0.29, 0.717) is 32.6 Å². The van der Waals surface area contributed by atoms with Crippen LogP contribution in [0.5, 0.6) is 0 Å². The van der Waals surface area contributed by atoms with Crippen LogP contribution in [0.25, 0.3) is 5.70 Å². The molecule has 0 bridgehead atoms. The summed E-state index contributed by atoms with van der Waals surface area (Å²) >= 11 is 12.6. The Labute approximate surface area is 253 Å². The van der Waals surface area contributed by atoms with Crippen LogP contribution >= 0.6 is 23.2 Å². The summed E-state index contributed by atoms with van der Waals surface area (Å²) in [6.07, 6.45) is 0. The summed E-state index contributed by atoms with van der Waals surface area (Å²) in [7, 11) is 0. The van der Waals surface area contributed by atoms with Gasteiger partial charge in [-0.25, -0.2) is 9.59 Å². The molecule has 2 aliphatic heterocycles. The quantitative estimate of drug-likeness (QED) is 0.186. The maximum atomic E-state index is 14.4. The van der Waals surface area contributed by atoms with E-state index in [2.05, 4.69) is 10.5 Å². The minimum Gasteiger partial charge on any atom is -0.463 e. The Kier molecular flexibility index (Phi) is 7.58. The van der Waals surface area contributed by atoms with Crippen LogP contribution in [0.4, 0.5) is 0 Å². The maximum Gasteiger partial charge on any atom is 0.350 e. The summed E-state index contributed by atoms with van der Waals surface area (Å²) in [5.74, 6) is -2.02. The van der Waals surface area contributed by atoms with E-state index >= 15 is 0 Å². The molecular weight excluding hydrogens is 571 g/mol. The number of hydrogen-bond donors (Lipinski definition) is 1. The maximum absolute atomic E-state index is 14.4. The summed E-state index contributed by atoms with van der Waals surface area (Å²) in [5.41, 5.74) is 2.60. The minimum atomic E-state index is -1.52. The molecule has 0 saturated carbocycles. The number of esters is 1. The van der Waals surface area contributed by atoms with Gasteiger partial charge in [-0.05, 0) is 47.9 Å². The Morgan fingerprint density at radius 2 is 1.38 bits per heavy atom. The van der Waals surface area contributed by atoms with Crippen LogP contribution in [0.1, 0.15) is 41.1 Å². The number of benzene rings is 4. The van der Waals surface area contributed by atoms with E-state index < -0.39 is 29.3 Å². The van der Waals surface area contributed by atoms with E-state index in [1.807, 2.05) is 84.9 Å². The normalized spacial score (nSPS) is 21.5. The molecule has 3 atom stereocenters. The molecule has 0 aliphatic carbocycles. The standard InChI is InChI=1S/C34H26Cl2N2O4/c1-2-41-32(39)27-28(21-13-17-25(35)18-14-21)34(31(38-42-33(34)40)23-11-7-4-8-12-23)30(24-15-19-26(36)20-16-24)37-29(27)22-9-5-3-6-10-22/h3-20,28,30,37H,2H2,1H3/t28-,30-,34-/m1/s1. The number of nitrogens with zero attached hydrogens (tertiary/aromatic N) is 1. The van der Waals surface area contributed by atoms with Crippen molar-refractivity contribution in [2.24, 2.45) is 10.6 Å². The molecule has 0 unspecified atom stereocenters. The van der Waals surface area contributed by atoms with Gasteiger partial charge < -0.3 is 14.9 Å². The number of halogens is 2. The Balaban J connectivity index is 1.75. The predicted octanol–water partition coefficient (Wildman–Crippen LogP) is 7.34.